The molecule has 0 aromatic heterocycles. The van der Waals surface area contributed by atoms with E-state index in [0.29, 0.717) is 0 Å². The van der Waals surface area contributed by atoms with E-state index in [4.69, 9.17) is 0 Å². The van der Waals surface area contributed by atoms with Gasteiger partial charge in [-0.2, -0.15) is 0 Å². The molecule has 1 aromatic rings. The molecule has 6 heteroatoms. The molecule has 0 aliphatic carbocycles. The first-order chi connectivity index (χ1) is 7.88. The van der Waals surface area contributed by atoms with E-state index in [2.05, 4.69) is 26.0 Å². The van der Waals surface area contributed by atoms with Crippen LogP contribution < -0.4 is 5.32 Å². The van der Waals surface area contributed by atoms with Gasteiger partial charge in [0, 0.05) is 17.1 Å². The van der Waals surface area contributed by atoms with Gasteiger partial charge in [0.05, 0.1) is 6.61 Å². The van der Waals surface area contributed by atoms with Gasteiger partial charge in [-0.25, -0.2) is 0 Å². The molecular formula is C11H13BrF3NO. The lowest BCUT2D eigenvalue weighted by Gasteiger charge is -2.15. The number of rotatable bonds is 5. The molecule has 0 bridgehead atoms. The molecule has 0 saturated heterocycles. The Bertz CT molecular complexity index is 340. The van der Waals surface area contributed by atoms with Gasteiger partial charge in [0.2, 0.25) is 0 Å². The van der Waals surface area contributed by atoms with Crippen LogP contribution in [0.5, 0.6) is 0 Å². The summed E-state index contributed by atoms with van der Waals surface area (Å²) in [5.74, 6) is 0. The zero-order chi connectivity index (χ0) is 12.9. The van der Waals surface area contributed by atoms with Crippen molar-refractivity contribution < 1.29 is 17.9 Å². The highest BCUT2D eigenvalue weighted by Gasteiger charge is 2.28. The van der Waals surface area contributed by atoms with Crippen molar-refractivity contribution in [1.29, 1.82) is 0 Å². The van der Waals surface area contributed by atoms with E-state index in [0.717, 1.165) is 10.0 Å². The summed E-state index contributed by atoms with van der Waals surface area (Å²) in [5.41, 5.74) is 1.01. The van der Waals surface area contributed by atoms with E-state index in [1.807, 2.05) is 31.2 Å². The number of hydrogen-bond donors (Lipinski definition) is 1. The van der Waals surface area contributed by atoms with Crippen LogP contribution in [0.4, 0.5) is 13.2 Å². The molecule has 96 valence electrons. The molecule has 0 heterocycles. The molecule has 2 nitrogen and oxygen atoms in total. The quantitative estimate of drug-likeness (QED) is 0.838. The third-order valence-corrected chi connectivity index (χ3v) is 2.72. The third kappa shape index (κ3) is 6.05. The van der Waals surface area contributed by atoms with E-state index in [1.165, 1.54) is 0 Å². The molecule has 0 spiro atoms. The van der Waals surface area contributed by atoms with Crippen molar-refractivity contribution in [2.75, 3.05) is 13.2 Å². The van der Waals surface area contributed by atoms with Crippen LogP contribution in [0.1, 0.15) is 18.5 Å². The molecule has 1 aromatic carbocycles. The second-order valence-corrected chi connectivity index (χ2v) is 4.44. The number of benzene rings is 1. The molecule has 17 heavy (non-hydrogen) atoms. The minimum atomic E-state index is -4.55. The first-order valence-electron chi connectivity index (χ1n) is 5.08. The van der Waals surface area contributed by atoms with E-state index < -0.39 is 6.36 Å². The summed E-state index contributed by atoms with van der Waals surface area (Å²) >= 11 is 3.31. The van der Waals surface area contributed by atoms with E-state index >= 15 is 0 Å². The van der Waals surface area contributed by atoms with Gasteiger partial charge in [-0.1, -0.05) is 28.1 Å². The van der Waals surface area contributed by atoms with Crippen molar-refractivity contribution in [3.63, 3.8) is 0 Å². The molecule has 1 N–H and O–H groups in total. The highest BCUT2D eigenvalue weighted by molar-refractivity contribution is 9.10. The van der Waals surface area contributed by atoms with Crippen LogP contribution in [-0.4, -0.2) is 19.5 Å². The Kier molecular flexibility index (Phi) is 5.42. The Balaban J connectivity index is 2.30. The molecule has 0 fully saturated rings. The predicted molar refractivity (Wildman–Crippen MR) is 62.6 cm³/mol. The largest absolute Gasteiger partial charge is 0.522 e. The van der Waals surface area contributed by atoms with Gasteiger partial charge in [0.25, 0.3) is 0 Å². The Morgan fingerprint density at radius 1 is 1.29 bits per heavy atom. The topological polar surface area (TPSA) is 21.3 Å². The van der Waals surface area contributed by atoms with Crippen molar-refractivity contribution in [3.8, 4) is 0 Å². The monoisotopic (exact) mass is 311 g/mol. The summed E-state index contributed by atoms with van der Waals surface area (Å²) in [6.45, 7) is 1.65. The van der Waals surface area contributed by atoms with Crippen molar-refractivity contribution in [2.45, 2.75) is 19.3 Å². The number of ether oxygens (including phenoxy) is 1. The summed E-state index contributed by atoms with van der Waals surface area (Å²) in [7, 11) is 0. The number of nitrogens with one attached hydrogen (secondary N) is 1. The van der Waals surface area contributed by atoms with E-state index in [1.54, 1.807) is 0 Å². The van der Waals surface area contributed by atoms with Gasteiger partial charge in [0.15, 0.2) is 0 Å². The van der Waals surface area contributed by atoms with Gasteiger partial charge in [0.1, 0.15) is 0 Å². The second kappa shape index (κ2) is 6.37. The van der Waals surface area contributed by atoms with Crippen LogP contribution >= 0.6 is 15.9 Å². The van der Waals surface area contributed by atoms with Crippen LogP contribution in [0.15, 0.2) is 28.7 Å². The highest BCUT2D eigenvalue weighted by Crippen LogP contribution is 2.17. The van der Waals surface area contributed by atoms with E-state index in [-0.39, 0.29) is 19.2 Å². The predicted octanol–water partition coefficient (Wildman–Crippen LogP) is 3.64. The minimum Gasteiger partial charge on any atom is -0.308 e. The van der Waals surface area contributed by atoms with Crippen LogP contribution in [0.25, 0.3) is 0 Å². The van der Waals surface area contributed by atoms with Crippen LogP contribution in [0.3, 0.4) is 0 Å². The van der Waals surface area contributed by atoms with Gasteiger partial charge < -0.3 is 5.32 Å². The lowest BCUT2D eigenvalue weighted by atomic mass is 10.1. The first kappa shape index (κ1) is 14.5. The average molecular weight is 312 g/mol. The maximum Gasteiger partial charge on any atom is 0.522 e. The molecule has 0 radical (unpaired) electrons. The fourth-order valence-electron chi connectivity index (χ4n) is 1.31. The summed E-state index contributed by atoms with van der Waals surface area (Å²) in [5, 5.41) is 2.95. The fourth-order valence-corrected chi connectivity index (χ4v) is 1.58. The molecule has 0 unspecified atom stereocenters. The maximum absolute atomic E-state index is 11.7. The Hall–Kier alpha value is -0.590. The van der Waals surface area contributed by atoms with Gasteiger partial charge in [-0.3, -0.25) is 4.74 Å². The average Bonchev–Trinajstić information content (AvgIpc) is 2.24. The highest BCUT2D eigenvalue weighted by atomic mass is 79.9. The first-order valence-corrected chi connectivity index (χ1v) is 5.87. The summed E-state index contributed by atoms with van der Waals surface area (Å²) in [4.78, 5) is 0. The molecule has 1 atom stereocenters. The van der Waals surface area contributed by atoms with Gasteiger partial charge in [-0.05, 0) is 24.6 Å². The Morgan fingerprint density at radius 3 is 2.41 bits per heavy atom. The Morgan fingerprint density at radius 2 is 1.88 bits per heavy atom. The van der Waals surface area contributed by atoms with Crippen molar-refractivity contribution in [3.05, 3.63) is 34.3 Å². The Labute approximate surface area is 106 Å². The smallest absolute Gasteiger partial charge is 0.308 e. The lowest BCUT2D eigenvalue weighted by molar-refractivity contribution is -0.323. The van der Waals surface area contributed by atoms with E-state index in [9.17, 15) is 13.2 Å². The van der Waals surface area contributed by atoms with Crippen molar-refractivity contribution >= 4 is 15.9 Å². The zero-order valence-electron chi connectivity index (χ0n) is 9.22. The molecule has 0 amide bonds. The molecular weight excluding hydrogens is 299 g/mol. The number of alkyl halides is 3. The zero-order valence-corrected chi connectivity index (χ0v) is 10.8. The standard InChI is InChI=1S/C11H13BrF3NO/c1-8(9-2-4-10(12)5-3-9)16-6-7-17-11(13,14)15/h2-5,8,16H,6-7H2,1H3/t8-/m0/s1. The lowest BCUT2D eigenvalue weighted by Crippen LogP contribution is -2.26. The van der Waals surface area contributed by atoms with Gasteiger partial charge >= 0.3 is 6.36 Å². The second-order valence-electron chi connectivity index (χ2n) is 3.52. The third-order valence-electron chi connectivity index (χ3n) is 2.19. The normalized spacial score (nSPS) is 13.7. The minimum absolute atomic E-state index is 0.0140. The molecule has 0 saturated carbocycles. The number of halogens is 4. The molecule has 0 aliphatic heterocycles. The van der Waals surface area contributed by atoms with Crippen LogP contribution in [0, 0.1) is 0 Å². The summed E-state index contributed by atoms with van der Waals surface area (Å²) in [6, 6.07) is 7.58. The van der Waals surface area contributed by atoms with Crippen molar-refractivity contribution in [2.24, 2.45) is 0 Å². The van der Waals surface area contributed by atoms with Crippen LogP contribution in [0.2, 0.25) is 0 Å². The van der Waals surface area contributed by atoms with Crippen molar-refractivity contribution in [1.82, 2.24) is 5.32 Å². The summed E-state index contributed by atoms with van der Waals surface area (Å²) in [6.07, 6.45) is -4.55. The maximum atomic E-state index is 11.7. The molecule has 1 rings (SSSR count). The number of hydrogen-bond acceptors (Lipinski definition) is 2. The van der Waals surface area contributed by atoms with Gasteiger partial charge in [-0.15, -0.1) is 13.2 Å². The fraction of sp³-hybridized carbons (Fsp3) is 0.455. The molecule has 0 aliphatic rings. The van der Waals surface area contributed by atoms with Crippen LogP contribution in [-0.2, 0) is 4.74 Å². The summed E-state index contributed by atoms with van der Waals surface area (Å²) < 4.78 is 39.7. The SMILES string of the molecule is C[C@H](NCCOC(F)(F)F)c1ccc(Br)cc1.